The Labute approximate surface area is 125 Å². The molecule has 2 rings (SSSR count). The molecule has 0 saturated carbocycles. The summed E-state index contributed by atoms with van der Waals surface area (Å²) in [5.41, 5.74) is 0.485. The molecule has 0 spiro atoms. The number of carbonyl (C=O) groups excluding carboxylic acids is 1. The predicted octanol–water partition coefficient (Wildman–Crippen LogP) is 1.24. The second-order valence-electron chi connectivity index (χ2n) is 5.47. The van der Waals surface area contributed by atoms with Crippen LogP contribution in [-0.4, -0.2) is 49.3 Å². The van der Waals surface area contributed by atoms with E-state index in [1.54, 1.807) is 6.20 Å². The number of nitrogens with one attached hydrogen (secondary N) is 2. The van der Waals surface area contributed by atoms with Gasteiger partial charge in [0.25, 0.3) is 0 Å². The van der Waals surface area contributed by atoms with E-state index in [9.17, 15) is 4.79 Å². The van der Waals surface area contributed by atoms with Crippen molar-refractivity contribution in [3.05, 3.63) is 18.3 Å². The fourth-order valence-corrected chi connectivity index (χ4v) is 2.21. The van der Waals surface area contributed by atoms with Gasteiger partial charge >= 0.3 is 0 Å². The first kappa shape index (κ1) is 15.7. The molecule has 2 N–H and O–H groups in total. The molecule has 2 heterocycles. The molecule has 1 aliphatic rings. The van der Waals surface area contributed by atoms with E-state index in [0.717, 1.165) is 32.0 Å². The van der Waals surface area contributed by atoms with Gasteiger partial charge in [-0.05, 0) is 32.9 Å². The number of pyridine rings is 1. The highest BCUT2D eigenvalue weighted by Gasteiger charge is 2.32. The minimum absolute atomic E-state index is 0.0655. The zero-order valence-electron chi connectivity index (χ0n) is 13.0. The van der Waals surface area contributed by atoms with Gasteiger partial charge in [0, 0.05) is 26.2 Å². The average Bonchev–Trinajstić information content (AvgIpc) is 2.46. The maximum Gasteiger partial charge on any atom is 0.250 e. The van der Waals surface area contributed by atoms with Gasteiger partial charge < -0.3 is 20.3 Å². The SMILES string of the molecule is CCN(CC)c1ccc(NC(=O)COC2(C)CNC2)cn1. The highest BCUT2D eigenvalue weighted by molar-refractivity contribution is 5.91. The predicted molar refractivity (Wildman–Crippen MR) is 83.7 cm³/mol. The van der Waals surface area contributed by atoms with Gasteiger partial charge in [-0.2, -0.15) is 0 Å². The molecule has 1 aromatic rings. The molecule has 0 bridgehead atoms. The van der Waals surface area contributed by atoms with E-state index >= 15 is 0 Å². The van der Waals surface area contributed by atoms with E-state index in [1.807, 2.05) is 19.1 Å². The van der Waals surface area contributed by atoms with Crippen molar-refractivity contribution in [1.29, 1.82) is 0 Å². The number of carbonyl (C=O) groups is 1. The van der Waals surface area contributed by atoms with Crippen molar-refractivity contribution in [3.63, 3.8) is 0 Å². The molecule has 1 fully saturated rings. The third-order valence-electron chi connectivity index (χ3n) is 3.67. The van der Waals surface area contributed by atoms with Crippen molar-refractivity contribution >= 4 is 17.4 Å². The molecule has 0 aromatic carbocycles. The van der Waals surface area contributed by atoms with E-state index in [0.29, 0.717) is 5.69 Å². The van der Waals surface area contributed by atoms with Gasteiger partial charge in [0.2, 0.25) is 5.91 Å². The summed E-state index contributed by atoms with van der Waals surface area (Å²) in [7, 11) is 0. The molecule has 21 heavy (non-hydrogen) atoms. The Kier molecular flexibility index (Phi) is 5.14. The standard InChI is InChI=1S/C15H24N4O2/c1-4-19(5-2)13-7-6-12(8-17-13)18-14(20)9-21-15(3)10-16-11-15/h6-8,16H,4-5,9-11H2,1-3H3,(H,18,20). The Bertz CT molecular complexity index is 467. The summed E-state index contributed by atoms with van der Waals surface area (Å²) in [5, 5.41) is 5.93. The maximum atomic E-state index is 11.8. The highest BCUT2D eigenvalue weighted by atomic mass is 16.5. The van der Waals surface area contributed by atoms with Crippen molar-refractivity contribution in [1.82, 2.24) is 10.3 Å². The zero-order chi connectivity index (χ0) is 15.3. The number of aromatic nitrogens is 1. The van der Waals surface area contributed by atoms with Crippen LogP contribution < -0.4 is 15.5 Å². The summed E-state index contributed by atoms with van der Waals surface area (Å²) >= 11 is 0. The fraction of sp³-hybridized carbons (Fsp3) is 0.600. The molecule has 0 unspecified atom stereocenters. The first-order valence-corrected chi connectivity index (χ1v) is 7.42. The minimum atomic E-state index is -0.206. The minimum Gasteiger partial charge on any atom is -0.363 e. The van der Waals surface area contributed by atoms with Gasteiger partial charge in [0.05, 0.1) is 17.5 Å². The zero-order valence-corrected chi connectivity index (χ0v) is 13.0. The molecule has 0 aliphatic carbocycles. The monoisotopic (exact) mass is 292 g/mol. The van der Waals surface area contributed by atoms with E-state index in [2.05, 4.69) is 34.4 Å². The second-order valence-corrected chi connectivity index (χ2v) is 5.47. The molecular weight excluding hydrogens is 268 g/mol. The lowest BCUT2D eigenvalue weighted by Crippen LogP contribution is -2.59. The van der Waals surface area contributed by atoms with Crippen LogP contribution in [0.5, 0.6) is 0 Å². The van der Waals surface area contributed by atoms with E-state index in [1.165, 1.54) is 0 Å². The smallest absolute Gasteiger partial charge is 0.250 e. The van der Waals surface area contributed by atoms with Crippen molar-refractivity contribution in [2.75, 3.05) is 43.0 Å². The number of hydrogen-bond acceptors (Lipinski definition) is 5. The third-order valence-corrected chi connectivity index (χ3v) is 3.67. The first-order chi connectivity index (χ1) is 10.1. The summed E-state index contributed by atoms with van der Waals surface area (Å²) in [6.07, 6.45) is 1.68. The Balaban J connectivity index is 1.83. The fourth-order valence-electron chi connectivity index (χ4n) is 2.21. The van der Waals surface area contributed by atoms with Gasteiger partial charge in [0.1, 0.15) is 12.4 Å². The van der Waals surface area contributed by atoms with E-state index < -0.39 is 0 Å². The first-order valence-electron chi connectivity index (χ1n) is 7.42. The maximum absolute atomic E-state index is 11.8. The summed E-state index contributed by atoms with van der Waals surface area (Å²) in [6.45, 7) is 9.65. The van der Waals surface area contributed by atoms with Crippen LogP contribution in [-0.2, 0) is 9.53 Å². The van der Waals surface area contributed by atoms with Crippen LogP contribution in [0.1, 0.15) is 20.8 Å². The second kappa shape index (κ2) is 6.87. The van der Waals surface area contributed by atoms with Crippen molar-refractivity contribution < 1.29 is 9.53 Å². The normalized spacial score (nSPS) is 16.1. The summed E-state index contributed by atoms with van der Waals surface area (Å²) in [4.78, 5) is 18.4. The van der Waals surface area contributed by atoms with Crippen LogP contribution in [0, 0.1) is 0 Å². The molecular formula is C15H24N4O2. The molecule has 1 amide bonds. The lowest BCUT2D eigenvalue weighted by atomic mass is 10.0. The Morgan fingerprint density at radius 1 is 1.43 bits per heavy atom. The lowest BCUT2D eigenvalue weighted by molar-refractivity contribution is -0.130. The number of hydrogen-bond donors (Lipinski definition) is 2. The molecule has 0 atom stereocenters. The van der Waals surface area contributed by atoms with Crippen molar-refractivity contribution in [2.24, 2.45) is 0 Å². The number of nitrogens with zero attached hydrogens (tertiary/aromatic N) is 2. The number of rotatable bonds is 7. The Hall–Kier alpha value is -1.66. The molecule has 116 valence electrons. The van der Waals surface area contributed by atoms with Crippen LogP contribution in [0.2, 0.25) is 0 Å². The molecule has 1 saturated heterocycles. The van der Waals surface area contributed by atoms with Crippen LogP contribution in [0.25, 0.3) is 0 Å². The Morgan fingerprint density at radius 2 is 2.14 bits per heavy atom. The van der Waals surface area contributed by atoms with Gasteiger partial charge in [-0.3, -0.25) is 4.79 Å². The van der Waals surface area contributed by atoms with Crippen LogP contribution in [0.4, 0.5) is 11.5 Å². The molecule has 0 radical (unpaired) electrons. The van der Waals surface area contributed by atoms with Gasteiger partial charge in [0.15, 0.2) is 0 Å². The van der Waals surface area contributed by atoms with Gasteiger partial charge in [-0.25, -0.2) is 4.98 Å². The average molecular weight is 292 g/mol. The van der Waals surface area contributed by atoms with Gasteiger partial charge in [-0.15, -0.1) is 0 Å². The topological polar surface area (TPSA) is 66.5 Å². The van der Waals surface area contributed by atoms with Crippen LogP contribution in [0.3, 0.4) is 0 Å². The number of ether oxygens (including phenoxy) is 1. The molecule has 1 aliphatic heterocycles. The van der Waals surface area contributed by atoms with Crippen molar-refractivity contribution in [2.45, 2.75) is 26.4 Å². The van der Waals surface area contributed by atoms with Crippen LogP contribution in [0.15, 0.2) is 18.3 Å². The summed E-state index contributed by atoms with van der Waals surface area (Å²) in [6, 6.07) is 3.78. The van der Waals surface area contributed by atoms with Crippen LogP contribution >= 0.6 is 0 Å². The quantitative estimate of drug-likeness (QED) is 0.791. The number of anilines is 2. The summed E-state index contributed by atoms with van der Waals surface area (Å²) in [5.74, 6) is 0.766. The highest BCUT2D eigenvalue weighted by Crippen LogP contribution is 2.16. The van der Waals surface area contributed by atoms with E-state index in [-0.39, 0.29) is 18.1 Å². The Morgan fingerprint density at radius 3 is 2.62 bits per heavy atom. The molecule has 6 nitrogen and oxygen atoms in total. The molecule has 6 heteroatoms. The number of amides is 1. The lowest BCUT2D eigenvalue weighted by Gasteiger charge is -2.38. The summed E-state index contributed by atoms with van der Waals surface area (Å²) < 4.78 is 5.59. The van der Waals surface area contributed by atoms with Gasteiger partial charge in [-0.1, -0.05) is 0 Å². The van der Waals surface area contributed by atoms with Crippen molar-refractivity contribution in [3.8, 4) is 0 Å². The molecule has 1 aromatic heterocycles. The third kappa shape index (κ3) is 4.15. The van der Waals surface area contributed by atoms with E-state index in [4.69, 9.17) is 4.74 Å². The largest absolute Gasteiger partial charge is 0.363 e.